The molecule has 0 aromatic carbocycles. The van der Waals surface area contributed by atoms with Crippen molar-refractivity contribution in [2.24, 2.45) is 0 Å². The Kier molecular flexibility index (Phi) is 5.78. The zero-order chi connectivity index (χ0) is 19.7. The van der Waals surface area contributed by atoms with Gasteiger partial charge >= 0.3 is 0 Å². The van der Waals surface area contributed by atoms with Crippen LogP contribution in [-0.4, -0.2) is 51.9 Å². The van der Waals surface area contributed by atoms with Crippen molar-refractivity contribution in [1.82, 2.24) is 14.9 Å². The van der Waals surface area contributed by atoms with Gasteiger partial charge in [0.15, 0.2) is 10.9 Å². The van der Waals surface area contributed by atoms with Crippen LogP contribution in [0, 0.1) is 13.8 Å². The third-order valence-corrected chi connectivity index (χ3v) is 5.48. The van der Waals surface area contributed by atoms with E-state index in [1.165, 1.54) is 18.3 Å². The Morgan fingerprint density at radius 2 is 2.00 bits per heavy atom. The van der Waals surface area contributed by atoms with E-state index < -0.39 is 0 Å². The first-order chi connectivity index (χ1) is 12.7. The second-order valence-electron chi connectivity index (χ2n) is 7.23. The molecule has 2 aromatic heterocycles. The zero-order valence-electron chi connectivity index (χ0n) is 16.4. The number of morpholine rings is 1. The predicted octanol–water partition coefficient (Wildman–Crippen LogP) is 3.15. The molecule has 0 aliphatic carbocycles. The minimum absolute atomic E-state index is 0.0502. The zero-order valence-corrected chi connectivity index (χ0v) is 17.2. The molecule has 7 nitrogen and oxygen atoms in total. The minimum atomic E-state index is -0.280. The lowest BCUT2D eigenvalue weighted by Gasteiger charge is -2.34. The summed E-state index contributed by atoms with van der Waals surface area (Å²) in [5.74, 6) is -0.330. The lowest BCUT2D eigenvalue weighted by molar-refractivity contribution is -0.0707. The molecule has 3 heterocycles. The Bertz CT molecular complexity index is 847. The molecule has 0 bridgehead atoms. The van der Waals surface area contributed by atoms with Crippen LogP contribution in [0.5, 0.6) is 0 Å². The number of hydrogen-bond donors (Lipinski definition) is 2. The summed E-state index contributed by atoms with van der Waals surface area (Å²) in [6, 6.07) is 0. The number of rotatable bonds is 5. The molecular weight excluding hydrogens is 364 g/mol. The fourth-order valence-electron chi connectivity index (χ4n) is 3.74. The highest BCUT2D eigenvalue weighted by Gasteiger charge is 2.23. The van der Waals surface area contributed by atoms with Crippen LogP contribution >= 0.6 is 11.3 Å². The van der Waals surface area contributed by atoms with Crippen molar-refractivity contribution in [2.75, 3.05) is 18.4 Å². The minimum Gasteiger partial charge on any atom is -0.373 e. The van der Waals surface area contributed by atoms with Crippen LogP contribution in [0.3, 0.4) is 0 Å². The van der Waals surface area contributed by atoms with Crippen molar-refractivity contribution in [3.05, 3.63) is 33.6 Å². The maximum absolute atomic E-state index is 12.6. The number of H-pyrrole nitrogens is 1. The number of aromatic nitrogens is 2. The Labute approximate surface area is 163 Å². The lowest BCUT2D eigenvalue weighted by Crippen LogP contribution is -2.44. The van der Waals surface area contributed by atoms with E-state index in [1.54, 1.807) is 13.8 Å². The van der Waals surface area contributed by atoms with Crippen molar-refractivity contribution in [3.8, 4) is 0 Å². The number of amides is 1. The van der Waals surface area contributed by atoms with Gasteiger partial charge in [-0.25, -0.2) is 4.98 Å². The van der Waals surface area contributed by atoms with Gasteiger partial charge in [-0.2, -0.15) is 0 Å². The summed E-state index contributed by atoms with van der Waals surface area (Å²) in [5.41, 5.74) is 3.30. The molecule has 2 unspecified atom stereocenters. The summed E-state index contributed by atoms with van der Waals surface area (Å²) >= 11 is 1.40. The van der Waals surface area contributed by atoms with Gasteiger partial charge in [-0.3, -0.25) is 19.8 Å². The van der Waals surface area contributed by atoms with Crippen LogP contribution in [0.2, 0.25) is 0 Å². The van der Waals surface area contributed by atoms with Crippen LogP contribution < -0.4 is 5.32 Å². The van der Waals surface area contributed by atoms with Gasteiger partial charge in [-0.1, -0.05) is 0 Å². The molecule has 0 spiro atoms. The second-order valence-corrected chi connectivity index (χ2v) is 8.09. The maximum atomic E-state index is 12.6. The third-order valence-electron chi connectivity index (χ3n) is 4.67. The third kappa shape index (κ3) is 4.45. The topological polar surface area (TPSA) is 87.3 Å². The number of anilines is 1. The van der Waals surface area contributed by atoms with Gasteiger partial charge in [-0.15, -0.1) is 11.3 Å². The number of nitrogens with one attached hydrogen (secondary N) is 2. The molecule has 1 fully saturated rings. The number of thiazole rings is 1. The number of Topliss-reactive ketones (excluding diaryl/α,β-unsaturated/α-hetero) is 1. The number of aromatic amines is 1. The van der Waals surface area contributed by atoms with Crippen LogP contribution in [0.25, 0.3) is 0 Å². The van der Waals surface area contributed by atoms with E-state index in [-0.39, 0.29) is 23.9 Å². The predicted molar refractivity (Wildman–Crippen MR) is 106 cm³/mol. The summed E-state index contributed by atoms with van der Waals surface area (Å²) < 4.78 is 5.76. The van der Waals surface area contributed by atoms with E-state index >= 15 is 0 Å². The molecule has 0 saturated carbocycles. The van der Waals surface area contributed by atoms with Crippen molar-refractivity contribution in [2.45, 2.75) is 53.4 Å². The Morgan fingerprint density at radius 1 is 1.33 bits per heavy atom. The number of ether oxygens (including phenoxy) is 1. The molecule has 146 valence electrons. The molecule has 2 N–H and O–H groups in total. The molecule has 0 radical (unpaired) electrons. The Hall–Kier alpha value is -2.03. The number of ketones is 1. The van der Waals surface area contributed by atoms with Crippen LogP contribution in [-0.2, 0) is 11.3 Å². The summed E-state index contributed by atoms with van der Waals surface area (Å²) in [6.07, 6.45) is 0.419. The van der Waals surface area contributed by atoms with E-state index in [0.717, 1.165) is 25.3 Å². The van der Waals surface area contributed by atoms with Gasteiger partial charge in [0, 0.05) is 36.3 Å². The van der Waals surface area contributed by atoms with Gasteiger partial charge < -0.3 is 9.72 Å². The molecule has 1 amide bonds. The number of carbonyl (C=O) groups is 2. The summed E-state index contributed by atoms with van der Waals surface area (Å²) in [7, 11) is 0. The molecule has 2 atom stereocenters. The van der Waals surface area contributed by atoms with E-state index in [0.29, 0.717) is 27.6 Å². The smallest absolute Gasteiger partial charge is 0.274 e. The Morgan fingerprint density at radius 3 is 2.59 bits per heavy atom. The monoisotopic (exact) mass is 390 g/mol. The summed E-state index contributed by atoms with van der Waals surface area (Å²) in [5, 5.41) is 5.36. The first kappa shape index (κ1) is 19.7. The van der Waals surface area contributed by atoms with Gasteiger partial charge in [-0.05, 0) is 40.2 Å². The van der Waals surface area contributed by atoms with Crippen molar-refractivity contribution < 1.29 is 14.3 Å². The number of aryl methyl sites for hydroxylation is 1. The van der Waals surface area contributed by atoms with Crippen molar-refractivity contribution in [1.29, 1.82) is 0 Å². The normalized spacial score (nSPS) is 20.6. The Balaban J connectivity index is 1.66. The summed E-state index contributed by atoms with van der Waals surface area (Å²) in [6.45, 7) is 11.7. The van der Waals surface area contributed by atoms with Crippen LogP contribution in [0.1, 0.15) is 58.6 Å². The molecule has 27 heavy (non-hydrogen) atoms. The first-order valence-electron chi connectivity index (χ1n) is 9.08. The first-order valence-corrected chi connectivity index (χ1v) is 9.96. The van der Waals surface area contributed by atoms with Crippen LogP contribution in [0.4, 0.5) is 5.13 Å². The SMILES string of the molecule is CC(=O)c1c(C)[nH]c(C(=O)Nc2nc(CN3CC(C)OC(C)C3)cs2)c1C. The number of hydrogen-bond acceptors (Lipinski definition) is 6. The standard InChI is InChI=1S/C19H26N4O3S/c1-10-6-23(7-11(2)26-10)8-15-9-27-19(21-15)22-18(25)17-12(3)16(14(5)24)13(4)20-17/h9-11,20H,6-8H2,1-5H3,(H,21,22,25). The second kappa shape index (κ2) is 7.92. The summed E-state index contributed by atoms with van der Waals surface area (Å²) in [4.78, 5) is 34.2. The van der Waals surface area contributed by atoms with E-state index in [1.807, 2.05) is 5.38 Å². The molecular formula is C19H26N4O3S. The van der Waals surface area contributed by atoms with Gasteiger partial charge in [0.05, 0.1) is 17.9 Å². The molecule has 3 rings (SSSR count). The van der Waals surface area contributed by atoms with E-state index in [9.17, 15) is 9.59 Å². The maximum Gasteiger partial charge on any atom is 0.274 e. The van der Waals surface area contributed by atoms with E-state index in [4.69, 9.17) is 4.74 Å². The molecule has 1 aliphatic rings. The van der Waals surface area contributed by atoms with Gasteiger partial charge in [0.1, 0.15) is 5.69 Å². The largest absolute Gasteiger partial charge is 0.373 e. The van der Waals surface area contributed by atoms with Crippen LogP contribution in [0.15, 0.2) is 5.38 Å². The van der Waals surface area contributed by atoms with Crippen molar-refractivity contribution in [3.63, 3.8) is 0 Å². The number of carbonyl (C=O) groups excluding carboxylic acids is 2. The molecule has 2 aromatic rings. The highest BCUT2D eigenvalue weighted by atomic mass is 32.1. The number of nitrogens with zero attached hydrogens (tertiary/aromatic N) is 2. The van der Waals surface area contributed by atoms with Gasteiger partial charge in [0.2, 0.25) is 0 Å². The van der Waals surface area contributed by atoms with E-state index in [2.05, 4.69) is 34.0 Å². The fraction of sp³-hybridized carbons (Fsp3) is 0.526. The van der Waals surface area contributed by atoms with Crippen molar-refractivity contribution >= 4 is 28.2 Å². The average Bonchev–Trinajstić information content (AvgIpc) is 3.10. The molecule has 1 saturated heterocycles. The van der Waals surface area contributed by atoms with Gasteiger partial charge in [0.25, 0.3) is 5.91 Å². The highest BCUT2D eigenvalue weighted by molar-refractivity contribution is 7.13. The quantitative estimate of drug-likeness (QED) is 0.766. The average molecular weight is 391 g/mol. The molecule has 8 heteroatoms. The highest BCUT2D eigenvalue weighted by Crippen LogP contribution is 2.22. The molecule has 1 aliphatic heterocycles. The lowest BCUT2D eigenvalue weighted by atomic mass is 10.1. The fourth-order valence-corrected chi connectivity index (χ4v) is 4.44.